The van der Waals surface area contributed by atoms with Gasteiger partial charge in [0.2, 0.25) is 0 Å². The van der Waals surface area contributed by atoms with Crippen LogP contribution in [0.5, 0.6) is 0 Å². The van der Waals surface area contributed by atoms with Crippen molar-refractivity contribution in [3.63, 3.8) is 0 Å². The topological polar surface area (TPSA) is 47.6 Å². The maximum atomic E-state index is 11.2. The fourth-order valence-electron chi connectivity index (χ4n) is 1.93. The van der Waals surface area contributed by atoms with Gasteiger partial charge in [-0.3, -0.25) is 4.79 Å². The predicted octanol–water partition coefficient (Wildman–Crippen LogP) is -0.462. The molecule has 4 heteroatoms. The number of carbonyl (C=O) groups is 1. The van der Waals surface area contributed by atoms with Crippen LogP contribution < -0.4 is 5.32 Å². The molecule has 1 spiro atoms. The number of hydrogen-bond donors (Lipinski definition) is 1. The standard InChI is InChI=1S/C8H13NO3/c1-11-7(10)6-8(4-9-6)2-3-12-5-8/h6,9H,2-5H2,1H3/t6-,8-/m0/s1. The second kappa shape index (κ2) is 2.71. The minimum Gasteiger partial charge on any atom is -0.468 e. The van der Waals surface area contributed by atoms with Crippen molar-refractivity contribution in [3.8, 4) is 0 Å². The van der Waals surface area contributed by atoms with Crippen molar-refractivity contribution in [3.05, 3.63) is 0 Å². The van der Waals surface area contributed by atoms with E-state index in [0.29, 0.717) is 6.61 Å². The van der Waals surface area contributed by atoms with E-state index in [0.717, 1.165) is 19.6 Å². The highest BCUT2D eigenvalue weighted by Crippen LogP contribution is 2.38. The number of carbonyl (C=O) groups excluding carboxylic acids is 1. The maximum Gasteiger partial charge on any atom is 0.323 e. The van der Waals surface area contributed by atoms with Crippen LogP contribution >= 0.6 is 0 Å². The molecule has 0 bridgehead atoms. The molecule has 12 heavy (non-hydrogen) atoms. The average molecular weight is 171 g/mol. The predicted molar refractivity (Wildman–Crippen MR) is 41.7 cm³/mol. The molecule has 2 fully saturated rings. The fraction of sp³-hybridized carbons (Fsp3) is 0.875. The molecule has 0 unspecified atom stereocenters. The van der Waals surface area contributed by atoms with Crippen molar-refractivity contribution in [2.75, 3.05) is 26.9 Å². The number of nitrogens with one attached hydrogen (secondary N) is 1. The molecule has 1 N–H and O–H groups in total. The summed E-state index contributed by atoms with van der Waals surface area (Å²) < 4.78 is 9.96. The third kappa shape index (κ3) is 0.949. The summed E-state index contributed by atoms with van der Waals surface area (Å²) in [5, 5.41) is 3.07. The molecule has 4 nitrogen and oxygen atoms in total. The van der Waals surface area contributed by atoms with Gasteiger partial charge >= 0.3 is 5.97 Å². The highest BCUT2D eigenvalue weighted by atomic mass is 16.5. The van der Waals surface area contributed by atoms with Gasteiger partial charge in [0.15, 0.2) is 0 Å². The SMILES string of the molecule is COC(=O)[C@@H]1NC[C@]12CCOC2. The average Bonchev–Trinajstić information content (AvgIpc) is 2.52. The third-order valence-corrected chi connectivity index (χ3v) is 2.84. The van der Waals surface area contributed by atoms with Crippen LogP contribution in [0.4, 0.5) is 0 Å². The van der Waals surface area contributed by atoms with Gasteiger partial charge in [0, 0.05) is 18.6 Å². The molecule has 0 radical (unpaired) electrons. The van der Waals surface area contributed by atoms with Crippen molar-refractivity contribution >= 4 is 5.97 Å². The monoisotopic (exact) mass is 171 g/mol. The first-order valence-corrected chi connectivity index (χ1v) is 4.17. The zero-order chi connectivity index (χ0) is 8.60. The van der Waals surface area contributed by atoms with Gasteiger partial charge in [-0.05, 0) is 6.42 Å². The first-order chi connectivity index (χ1) is 5.78. The highest BCUT2D eigenvalue weighted by Gasteiger charge is 2.53. The van der Waals surface area contributed by atoms with Crippen molar-refractivity contribution in [2.24, 2.45) is 5.41 Å². The molecular formula is C8H13NO3. The van der Waals surface area contributed by atoms with Gasteiger partial charge in [0.05, 0.1) is 13.7 Å². The van der Waals surface area contributed by atoms with Gasteiger partial charge in [-0.25, -0.2) is 0 Å². The lowest BCUT2D eigenvalue weighted by Gasteiger charge is -2.44. The molecule has 2 aliphatic rings. The molecular weight excluding hydrogens is 158 g/mol. The van der Waals surface area contributed by atoms with Crippen molar-refractivity contribution in [2.45, 2.75) is 12.5 Å². The van der Waals surface area contributed by atoms with E-state index in [1.165, 1.54) is 7.11 Å². The lowest BCUT2D eigenvalue weighted by atomic mass is 9.73. The zero-order valence-corrected chi connectivity index (χ0v) is 7.13. The van der Waals surface area contributed by atoms with E-state index in [9.17, 15) is 4.79 Å². The van der Waals surface area contributed by atoms with E-state index in [1.807, 2.05) is 0 Å². The Labute approximate surface area is 71.2 Å². The minimum atomic E-state index is -0.160. The lowest BCUT2D eigenvalue weighted by molar-refractivity contribution is -0.151. The number of methoxy groups -OCH3 is 1. The molecule has 0 saturated carbocycles. The molecule has 2 aliphatic heterocycles. The van der Waals surface area contributed by atoms with Crippen LogP contribution in [0.1, 0.15) is 6.42 Å². The Hall–Kier alpha value is -0.610. The molecule has 0 aliphatic carbocycles. The largest absolute Gasteiger partial charge is 0.468 e. The Balaban J connectivity index is 2.04. The smallest absolute Gasteiger partial charge is 0.323 e. The van der Waals surface area contributed by atoms with Crippen molar-refractivity contribution in [1.82, 2.24) is 5.32 Å². The number of esters is 1. The number of ether oxygens (including phenoxy) is 2. The maximum absolute atomic E-state index is 11.2. The summed E-state index contributed by atoms with van der Waals surface area (Å²) in [6.45, 7) is 2.35. The van der Waals surface area contributed by atoms with E-state index in [4.69, 9.17) is 4.74 Å². The molecule has 68 valence electrons. The Morgan fingerprint density at radius 1 is 1.75 bits per heavy atom. The summed E-state index contributed by atoms with van der Waals surface area (Å²) in [5.74, 6) is -0.160. The molecule has 2 rings (SSSR count). The summed E-state index contributed by atoms with van der Waals surface area (Å²) in [6.07, 6.45) is 0.972. The quantitative estimate of drug-likeness (QED) is 0.542. The molecule has 0 aromatic rings. The molecule has 2 atom stereocenters. The van der Waals surface area contributed by atoms with Crippen LogP contribution in [0.2, 0.25) is 0 Å². The van der Waals surface area contributed by atoms with Crippen LogP contribution in [-0.2, 0) is 14.3 Å². The van der Waals surface area contributed by atoms with Gasteiger partial charge in [-0.2, -0.15) is 0 Å². The first kappa shape index (κ1) is 8.01. The summed E-state index contributed by atoms with van der Waals surface area (Å²) in [4.78, 5) is 11.2. The van der Waals surface area contributed by atoms with E-state index < -0.39 is 0 Å². The Morgan fingerprint density at radius 3 is 3.00 bits per heavy atom. The second-order valence-corrected chi connectivity index (χ2v) is 3.50. The third-order valence-electron chi connectivity index (χ3n) is 2.84. The number of hydrogen-bond acceptors (Lipinski definition) is 4. The molecule has 0 amide bonds. The summed E-state index contributed by atoms with van der Waals surface area (Å²) in [5.41, 5.74) is 0.0487. The van der Waals surface area contributed by atoms with Gasteiger partial charge in [0.25, 0.3) is 0 Å². The van der Waals surface area contributed by atoms with E-state index in [-0.39, 0.29) is 17.4 Å². The second-order valence-electron chi connectivity index (χ2n) is 3.50. The van der Waals surface area contributed by atoms with Crippen LogP contribution in [0, 0.1) is 5.41 Å². The fourth-order valence-corrected chi connectivity index (χ4v) is 1.93. The van der Waals surface area contributed by atoms with Crippen molar-refractivity contribution in [1.29, 1.82) is 0 Å². The van der Waals surface area contributed by atoms with Crippen LogP contribution in [-0.4, -0.2) is 38.9 Å². The molecule has 2 heterocycles. The number of rotatable bonds is 1. The highest BCUT2D eigenvalue weighted by molar-refractivity contribution is 5.78. The van der Waals surface area contributed by atoms with Gasteiger partial charge < -0.3 is 14.8 Å². The van der Waals surface area contributed by atoms with E-state index in [1.54, 1.807) is 0 Å². The Bertz CT molecular complexity index is 198. The lowest BCUT2D eigenvalue weighted by Crippen LogP contribution is -2.66. The van der Waals surface area contributed by atoms with Crippen molar-refractivity contribution < 1.29 is 14.3 Å². The van der Waals surface area contributed by atoms with Crippen LogP contribution in [0.25, 0.3) is 0 Å². The first-order valence-electron chi connectivity index (χ1n) is 4.17. The Kier molecular flexibility index (Phi) is 1.81. The Morgan fingerprint density at radius 2 is 2.58 bits per heavy atom. The molecule has 0 aromatic carbocycles. The van der Waals surface area contributed by atoms with Gasteiger partial charge in [-0.1, -0.05) is 0 Å². The van der Waals surface area contributed by atoms with E-state index in [2.05, 4.69) is 10.1 Å². The molecule has 0 aromatic heterocycles. The molecule has 2 saturated heterocycles. The van der Waals surface area contributed by atoms with E-state index >= 15 is 0 Å². The summed E-state index contributed by atoms with van der Waals surface area (Å²) in [6, 6.07) is -0.134. The van der Waals surface area contributed by atoms with Crippen LogP contribution in [0.3, 0.4) is 0 Å². The van der Waals surface area contributed by atoms with Gasteiger partial charge in [-0.15, -0.1) is 0 Å². The van der Waals surface area contributed by atoms with Gasteiger partial charge in [0.1, 0.15) is 6.04 Å². The summed E-state index contributed by atoms with van der Waals surface area (Å²) in [7, 11) is 1.42. The summed E-state index contributed by atoms with van der Waals surface area (Å²) >= 11 is 0. The van der Waals surface area contributed by atoms with Crippen LogP contribution in [0.15, 0.2) is 0 Å². The zero-order valence-electron chi connectivity index (χ0n) is 7.13. The minimum absolute atomic E-state index is 0.0487. The normalized spacial score (nSPS) is 39.6.